The van der Waals surface area contributed by atoms with E-state index >= 15 is 0 Å². The number of halogens is 1. The van der Waals surface area contributed by atoms with Crippen molar-refractivity contribution in [3.63, 3.8) is 0 Å². The van der Waals surface area contributed by atoms with E-state index < -0.39 is 5.60 Å². The molecule has 0 unspecified atom stereocenters. The third kappa shape index (κ3) is 4.69. The Morgan fingerprint density at radius 3 is 2.44 bits per heavy atom. The van der Waals surface area contributed by atoms with Crippen LogP contribution in [0.5, 0.6) is 0 Å². The van der Waals surface area contributed by atoms with Gasteiger partial charge in [0, 0.05) is 38.7 Å². The highest BCUT2D eigenvalue weighted by atomic mass is 35.5. The van der Waals surface area contributed by atoms with Gasteiger partial charge in [0.15, 0.2) is 11.4 Å². The lowest BCUT2D eigenvalue weighted by atomic mass is 9.91. The predicted molar refractivity (Wildman–Crippen MR) is 129 cm³/mol. The van der Waals surface area contributed by atoms with Crippen molar-refractivity contribution >= 4 is 23.4 Å². The first-order valence-corrected chi connectivity index (χ1v) is 11.6. The van der Waals surface area contributed by atoms with Gasteiger partial charge in [-0.25, -0.2) is 4.98 Å². The van der Waals surface area contributed by atoms with Crippen LogP contribution in [-0.2, 0) is 10.4 Å². The Labute approximate surface area is 203 Å². The fourth-order valence-corrected chi connectivity index (χ4v) is 4.47. The van der Waals surface area contributed by atoms with Crippen LogP contribution in [-0.4, -0.2) is 69.1 Å². The van der Waals surface area contributed by atoms with E-state index in [0.717, 1.165) is 5.82 Å². The van der Waals surface area contributed by atoms with Crippen LogP contribution in [0, 0.1) is 0 Å². The van der Waals surface area contributed by atoms with E-state index in [-0.39, 0.29) is 17.7 Å². The second-order valence-electron chi connectivity index (χ2n) is 8.94. The van der Waals surface area contributed by atoms with E-state index in [9.17, 15) is 14.7 Å². The molecule has 8 nitrogen and oxygen atoms in total. The molecule has 4 rings (SSSR count). The molecule has 0 bridgehead atoms. The van der Waals surface area contributed by atoms with Crippen molar-refractivity contribution in [2.45, 2.75) is 31.3 Å². The largest absolute Gasteiger partial charge is 0.376 e. The summed E-state index contributed by atoms with van der Waals surface area (Å²) in [5.41, 5.74) is 0.162. The number of carbonyl (C=O) groups excluding carboxylic acids is 2. The molecular weight excluding hydrogens is 454 g/mol. The lowest BCUT2D eigenvalue weighted by Gasteiger charge is -2.35. The number of aromatic nitrogens is 3. The molecule has 2 heterocycles. The van der Waals surface area contributed by atoms with Crippen LogP contribution in [0.15, 0.2) is 48.5 Å². The molecule has 34 heavy (non-hydrogen) atoms. The molecule has 3 aromatic rings. The number of likely N-dealkylation sites (tertiary alicyclic amines) is 1. The average molecular weight is 482 g/mol. The molecule has 2 amide bonds. The fraction of sp³-hybridized carbons (Fsp3) is 0.360. The van der Waals surface area contributed by atoms with E-state index in [2.05, 4.69) is 15.2 Å². The first-order valence-electron chi connectivity index (χ1n) is 11.2. The Balaban J connectivity index is 1.42. The highest BCUT2D eigenvalue weighted by molar-refractivity contribution is 6.34. The van der Waals surface area contributed by atoms with Crippen molar-refractivity contribution in [1.82, 2.24) is 25.0 Å². The van der Waals surface area contributed by atoms with Gasteiger partial charge in [0.1, 0.15) is 5.82 Å². The summed E-state index contributed by atoms with van der Waals surface area (Å²) in [5.74, 6) is 0.918. The predicted octanol–water partition coefficient (Wildman–Crippen LogP) is 3.44. The first kappa shape index (κ1) is 23.9. The SMILES string of the molecule is CN(C)C(=O)c1ccc(-c2n[nH]c(C3CCN(C(=O)[C@](C)(O)c4ccccc4)CC3)n2)cc1Cl. The Kier molecular flexibility index (Phi) is 6.72. The second-order valence-corrected chi connectivity index (χ2v) is 9.35. The summed E-state index contributed by atoms with van der Waals surface area (Å²) in [7, 11) is 3.35. The highest BCUT2D eigenvalue weighted by Crippen LogP contribution is 2.31. The number of hydrogen-bond donors (Lipinski definition) is 2. The summed E-state index contributed by atoms with van der Waals surface area (Å²) in [6.07, 6.45) is 1.42. The van der Waals surface area contributed by atoms with Gasteiger partial charge >= 0.3 is 0 Å². The van der Waals surface area contributed by atoms with Gasteiger partial charge in [-0.05, 0) is 37.5 Å². The van der Waals surface area contributed by atoms with Crippen molar-refractivity contribution in [3.8, 4) is 11.4 Å². The summed E-state index contributed by atoms with van der Waals surface area (Å²) in [6.45, 7) is 2.59. The molecule has 1 aliphatic heterocycles. The van der Waals surface area contributed by atoms with Gasteiger partial charge in [-0.2, -0.15) is 5.10 Å². The summed E-state index contributed by atoms with van der Waals surface area (Å²) in [4.78, 5) is 33.0. The van der Waals surface area contributed by atoms with E-state index in [0.29, 0.717) is 53.5 Å². The van der Waals surface area contributed by atoms with Gasteiger partial charge in [-0.15, -0.1) is 0 Å². The van der Waals surface area contributed by atoms with Crippen LogP contribution in [0.1, 0.15) is 47.4 Å². The number of H-pyrrole nitrogens is 1. The Morgan fingerprint density at radius 2 is 1.82 bits per heavy atom. The van der Waals surface area contributed by atoms with Crippen molar-refractivity contribution in [2.75, 3.05) is 27.2 Å². The molecule has 2 N–H and O–H groups in total. The third-order valence-corrected chi connectivity index (χ3v) is 6.60. The molecule has 0 radical (unpaired) electrons. The number of aromatic amines is 1. The molecule has 9 heteroatoms. The van der Waals surface area contributed by atoms with E-state index in [4.69, 9.17) is 11.6 Å². The minimum atomic E-state index is -1.56. The van der Waals surface area contributed by atoms with Crippen LogP contribution in [0.3, 0.4) is 0 Å². The van der Waals surface area contributed by atoms with E-state index in [1.807, 2.05) is 18.2 Å². The maximum absolute atomic E-state index is 13.0. The van der Waals surface area contributed by atoms with Gasteiger partial charge in [0.25, 0.3) is 11.8 Å². The lowest BCUT2D eigenvalue weighted by Crippen LogP contribution is -2.48. The monoisotopic (exact) mass is 481 g/mol. The van der Waals surface area contributed by atoms with Crippen molar-refractivity contribution < 1.29 is 14.7 Å². The number of amides is 2. The number of nitrogens with zero attached hydrogens (tertiary/aromatic N) is 4. The molecule has 0 saturated carbocycles. The molecule has 1 aromatic heterocycles. The van der Waals surface area contributed by atoms with Crippen LogP contribution >= 0.6 is 11.6 Å². The number of piperidine rings is 1. The Bertz CT molecular complexity index is 1180. The number of hydrogen-bond acceptors (Lipinski definition) is 5. The van der Waals surface area contributed by atoms with Crippen molar-refractivity contribution in [1.29, 1.82) is 0 Å². The maximum Gasteiger partial charge on any atom is 0.258 e. The number of benzene rings is 2. The van der Waals surface area contributed by atoms with Gasteiger partial charge in [-0.3, -0.25) is 14.7 Å². The van der Waals surface area contributed by atoms with Crippen LogP contribution in [0.4, 0.5) is 0 Å². The summed E-state index contributed by atoms with van der Waals surface area (Å²) in [6, 6.07) is 14.1. The van der Waals surface area contributed by atoms with E-state index in [1.165, 1.54) is 4.90 Å². The van der Waals surface area contributed by atoms with Gasteiger partial charge in [0.05, 0.1) is 10.6 Å². The fourth-order valence-electron chi connectivity index (χ4n) is 4.20. The second kappa shape index (κ2) is 9.56. The Hall–Kier alpha value is -3.23. The highest BCUT2D eigenvalue weighted by Gasteiger charge is 2.38. The van der Waals surface area contributed by atoms with Crippen LogP contribution in [0.25, 0.3) is 11.4 Å². The molecule has 0 spiro atoms. The minimum Gasteiger partial charge on any atom is -0.376 e. The molecule has 0 aliphatic carbocycles. The van der Waals surface area contributed by atoms with Crippen LogP contribution < -0.4 is 0 Å². The van der Waals surface area contributed by atoms with Gasteiger partial charge < -0.3 is 14.9 Å². The quantitative estimate of drug-likeness (QED) is 0.581. The van der Waals surface area contributed by atoms with Gasteiger partial charge in [0.2, 0.25) is 0 Å². The summed E-state index contributed by atoms with van der Waals surface area (Å²) >= 11 is 6.33. The smallest absolute Gasteiger partial charge is 0.258 e. The summed E-state index contributed by atoms with van der Waals surface area (Å²) in [5, 5.41) is 18.6. The zero-order valence-corrected chi connectivity index (χ0v) is 20.2. The number of carbonyl (C=O) groups is 2. The minimum absolute atomic E-state index is 0.122. The van der Waals surface area contributed by atoms with Gasteiger partial charge in [-0.1, -0.05) is 48.0 Å². The van der Waals surface area contributed by atoms with E-state index in [1.54, 1.807) is 56.3 Å². The molecular formula is C25H28ClN5O3. The number of nitrogens with one attached hydrogen (secondary N) is 1. The summed E-state index contributed by atoms with van der Waals surface area (Å²) < 4.78 is 0. The van der Waals surface area contributed by atoms with Crippen LogP contribution in [0.2, 0.25) is 5.02 Å². The molecule has 2 aromatic carbocycles. The molecule has 1 atom stereocenters. The number of rotatable bonds is 5. The number of aliphatic hydroxyl groups is 1. The Morgan fingerprint density at radius 1 is 1.15 bits per heavy atom. The van der Waals surface area contributed by atoms with Crippen molar-refractivity contribution in [3.05, 3.63) is 70.5 Å². The molecule has 1 aliphatic rings. The molecule has 1 saturated heterocycles. The third-order valence-electron chi connectivity index (χ3n) is 6.29. The first-order chi connectivity index (χ1) is 16.2. The zero-order valence-electron chi connectivity index (χ0n) is 19.5. The molecule has 1 fully saturated rings. The maximum atomic E-state index is 13.0. The van der Waals surface area contributed by atoms with Crippen molar-refractivity contribution in [2.24, 2.45) is 0 Å². The molecule has 178 valence electrons. The normalized spacial score (nSPS) is 16.2. The zero-order chi connectivity index (χ0) is 24.5. The lowest BCUT2D eigenvalue weighted by molar-refractivity contribution is -0.151. The topological polar surface area (TPSA) is 102 Å². The average Bonchev–Trinajstić information content (AvgIpc) is 3.34. The standard InChI is InChI=1S/C25H28ClN5O3/c1-25(34,18-7-5-4-6-8-18)24(33)31-13-11-16(12-14-31)21-27-22(29-28-21)17-9-10-19(20(26)15-17)23(32)30(2)3/h4-10,15-16,34H,11-14H2,1-3H3,(H,27,28,29)/t25-/m1/s1.